The van der Waals surface area contributed by atoms with Crippen LogP contribution in [0.4, 0.5) is 0 Å². The molecular formula is C41H66O3S. The standard InChI is InChI=1S/C21H36O3S.C20H30/c1-4-25-10-6-8-19(22)7-5-9-24-20(23)21(3)14-17-11-16(2)12-18(13-17)15-21;1-5-10-19-13-9-14-20(16-19)12-8-7-11-18(6-2)15-17(3)4/h16-18H,4-15H2,1-3H3;7,9,11,13-14,16,18H,3,5-6,8,10,12,15H2,1-2,4H3/b;11-7+. The van der Waals surface area contributed by atoms with Crippen molar-refractivity contribution in [3.8, 4) is 0 Å². The Balaban J connectivity index is 0.000000322. The van der Waals surface area contributed by atoms with E-state index >= 15 is 0 Å². The Morgan fingerprint density at radius 3 is 2.33 bits per heavy atom. The molecule has 3 nitrogen and oxygen atoms in total. The van der Waals surface area contributed by atoms with Gasteiger partial charge in [-0.15, -0.1) is 6.58 Å². The summed E-state index contributed by atoms with van der Waals surface area (Å²) in [5.74, 6) is 5.33. The first kappa shape index (κ1) is 39.4. The highest BCUT2D eigenvalue weighted by Gasteiger charge is 2.46. The van der Waals surface area contributed by atoms with E-state index in [-0.39, 0.29) is 11.4 Å². The van der Waals surface area contributed by atoms with E-state index in [1.165, 1.54) is 55.2 Å². The fraction of sp³-hybridized carbons (Fsp3) is 0.707. The van der Waals surface area contributed by atoms with Gasteiger partial charge in [-0.1, -0.05) is 76.1 Å². The summed E-state index contributed by atoms with van der Waals surface area (Å²) in [5, 5.41) is 0. The van der Waals surface area contributed by atoms with Gasteiger partial charge in [0.25, 0.3) is 0 Å². The van der Waals surface area contributed by atoms with Crippen LogP contribution in [0.3, 0.4) is 0 Å². The molecule has 2 saturated carbocycles. The van der Waals surface area contributed by atoms with Crippen molar-refractivity contribution in [2.24, 2.45) is 29.1 Å². The maximum Gasteiger partial charge on any atom is 0.311 e. The number of hydrogen-bond acceptors (Lipinski definition) is 4. The van der Waals surface area contributed by atoms with E-state index in [0.29, 0.717) is 49.4 Å². The third-order valence-corrected chi connectivity index (χ3v) is 10.5. The zero-order chi connectivity index (χ0) is 33.1. The number of allylic oxidation sites excluding steroid dienone is 3. The monoisotopic (exact) mass is 638 g/mol. The van der Waals surface area contributed by atoms with E-state index in [2.05, 4.69) is 84.5 Å². The number of thioether (sulfide) groups is 1. The molecule has 0 aliphatic heterocycles. The van der Waals surface area contributed by atoms with Crippen molar-refractivity contribution < 1.29 is 14.3 Å². The second-order valence-electron chi connectivity index (χ2n) is 14.5. The van der Waals surface area contributed by atoms with Crippen LogP contribution in [0.1, 0.15) is 136 Å². The first-order valence-electron chi connectivity index (χ1n) is 18.2. The lowest BCUT2D eigenvalue weighted by Gasteiger charge is -2.45. The highest BCUT2D eigenvalue weighted by atomic mass is 32.2. The third-order valence-electron chi connectivity index (χ3n) is 9.56. The minimum Gasteiger partial charge on any atom is -0.465 e. The number of ether oxygens (including phenoxy) is 1. The van der Waals surface area contributed by atoms with E-state index in [1.807, 2.05) is 11.8 Å². The Hall–Kier alpha value is -1.81. The number of aryl methyl sites for hydroxylation is 2. The highest BCUT2D eigenvalue weighted by molar-refractivity contribution is 7.99. The molecule has 2 aliphatic carbocycles. The number of carbonyl (C=O) groups excluding carboxylic acids is 2. The van der Waals surface area contributed by atoms with Crippen LogP contribution in [0.5, 0.6) is 0 Å². The van der Waals surface area contributed by atoms with Crippen LogP contribution in [0.15, 0.2) is 48.6 Å². The normalized spacial score (nSPS) is 23.2. The average Bonchev–Trinajstić information content (AvgIpc) is 2.98. The van der Waals surface area contributed by atoms with E-state index < -0.39 is 0 Å². The van der Waals surface area contributed by atoms with Gasteiger partial charge >= 0.3 is 5.97 Å². The molecule has 3 atom stereocenters. The molecule has 0 radical (unpaired) electrons. The molecule has 0 amide bonds. The summed E-state index contributed by atoms with van der Waals surface area (Å²) < 4.78 is 5.57. The van der Waals surface area contributed by atoms with Crippen LogP contribution in [0.2, 0.25) is 0 Å². The zero-order valence-electron chi connectivity index (χ0n) is 29.8. The van der Waals surface area contributed by atoms with E-state index in [4.69, 9.17) is 4.74 Å². The molecule has 254 valence electrons. The lowest BCUT2D eigenvalue weighted by molar-refractivity contribution is -0.161. The second kappa shape index (κ2) is 21.9. The number of ketones is 1. The second-order valence-corrected chi connectivity index (χ2v) is 15.9. The molecule has 2 aliphatic rings. The molecule has 0 spiro atoms. The molecule has 3 unspecified atom stereocenters. The molecule has 45 heavy (non-hydrogen) atoms. The van der Waals surface area contributed by atoms with Gasteiger partial charge in [0, 0.05) is 12.8 Å². The van der Waals surface area contributed by atoms with Crippen LogP contribution < -0.4 is 0 Å². The Labute approximate surface area is 281 Å². The summed E-state index contributed by atoms with van der Waals surface area (Å²) in [4.78, 5) is 24.4. The first-order chi connectivity index (χ1) is 21.6. The van der Waals surface area contributed by atoms with Gasteiger partial charge in [-0.3, -0.25) is 9.59 Å². The minimum absolute atomic E-state index is 0.0245. The number of fused-ring (bicyclic) bond motifs is 2. The predicted molar refractivity (Wildman–Crippen MR) is 196 cm³/mol. The highest BCUT2D eigenvalue weighted by Crippen LogP contribution is 2.50. The number of hydrogen-bond donors (Lipinski definition) is 0. The number of benzene rings is 1. The van der Waals surface area contributed by atoms with Crippen LogP contribution in [0, 0.1) is 29.1 Å². The lowest BCUT2D eigenvalue weighted by atomic mass is 9.59. The molecule has 4 heteroatoms. The maximum atomic E-state index is 12.6. The van der Waals surface area contributed by atoms with Crippen molar-refractivity contribution in [3.05, 3.63) is 59.7 Å². The van der Waals surface area contributed by atoms with Crippen LogP contribution in [0.25, 0.3) is 0 Å². The quantitative estimate of drug-likeness (QED) is 0.0859. The van der Waals surface area contributed by atoms with Crippen LogP contribution in [-0.2, 0) is 27.2 Å². The zero-order valence-corrected chi connectivity index (χ0v) is 30.7. The summed E-state index contributed by atoms with van der Waals surface area (Å²) in [6.07, 6.45) is 20.4. The van der Waals surface area contributed by atoms with Crippen LogP contribution in [-0.4, -0.2) is 29.9 Å². The Kier molecular flexibility index (Phi) is 19.1. The predicted octanol–water partition coefficient (Wildman–Crippen LogP) is 11.4. The van der Waals surface area contributed by atoms with Gasteiger partial charge in [0.1, 0.15) is 5.78 Å². The smallest absolute Gasteiger partial charge is 0.311 e. The number of carbonyl (C=O) groups is 2. The van der Waals surface area contributed by atoms with Gasteiger partial charge in [0.15, 0.2) is 0 Å². The summed E-state index contributed by atoms with van der Waals surface area (Å²) >= 11 is 1.88. The fourth-order valence-corrected chi connectivity index (χ4v) is 8.21. The van der Waals surface area contributed by atoms with Crippen molar-refractivity contribution >= 4 is 23.5 Å². The van der Waals surface area contributed by atoms with Crippen LogP contribution >= 0.6 is 11.8 Å². The average molecular weight is 639 g/mol. The molecule has 0 saturated heterocycles. The van der Waals surface area contributed by atoms with Gasteiger partial charge in [-0.05, 0) is 137 Å². The van der Waals surface area contributed by atoms with Gasteiger partial charge in [-0.2, -0.15) is 11.8 Å². The molecular weight excluding hydrogens is 573 g/mol. The van der Waals surface area contributed by atoms with Crippen molar-refractivity contribution in [2.75, 3.05) is 18.1 Å². The minimum atomic E-state index is -0.297. The lowest BCUT2D eigenvalue weighted by Crippen LogP contribution is -2.41. The topological polar surface area (TPSA) is 43.4 Å². The molecule has 1 aromatic rings. The SMILES string of the molecule is C=C(C)CC(/C=C/CCc1cccc(CCC)c1)CC.CCSCCCC(=O)CCCOC(=O)C1(C)CC2CC(C)CC(C2)C1. The molecule has 3 rings (SSSR count). The molecule has 2 bridgehead atoms. The molecule has 0 N–H and O–H groups in total. The Morgan fingerprint density at radius 2 is 1.71 bits per heavy atom. The third kappa shape index (κ3) is 16.0. The van der Waals surface area contributed by atoms with Gasteiger partial charge in [0.2, 0.25) is 0 Å². The Morgan fingerprint density at radius 1 is 1.04 bits per heavy atom. The Bertz CT molecular complexity index is 1020. The van der Waals surface area contributed by atoms with Gasteiger partial charge in [-0.25, -0.2) is 0 Å². The summed E-state index contributed by atoms with van der Waals surface area (Å²) in [6.45, 7) is 17.6. The molecule has 1 aromatic carbocycles. The summed E-state index contributed by atoms with van der Waals surface area (Å²) in [7, 11) is 0. The molecule has 2 fully saturated rings. The molecule has 0 aromatic heterocycles. The van der Waals surface area contributed by atoms with Crippen molar-refractivity contribution in [3.63, 3.8) is 0 Å². The van der Waals surface area contributed by atoms with E-state index in [9.17, 15) is 9.59 Å². The first-order valence-corrected chi connectivity index (χ1v) is 19.4. The molecule has 0 heterocycles. The number of rotatable bonds is 19. The fourth-order valence-electron chi connectivity index (χ4n) is 7.57. The summed E-state index contributed by atoms with van der Waals surface area (Å²) in [5.41, 5.74) is 3.93. The van der Waals surface area contributed by atoms with Crippen molar-refractivity contribution in [1.82, 2.24) is 0 Å². The maximum absolute atomic E-state index is 12.6. The van der Waals surface area contributed by atoms with E-state index in [1.54, 1.807) is 0 Å². The van der Waals surface area contributed by atoms with Crippen molar-refractivity contribution in [2.45, 2.75) is 138 Å². The largest absolute Gasteiger partial charge is 0.465 e. The van der Waals surface area contributed by atoms with Gasteiger partial charge < -0.3 is 4.74 Å². The number of Topliss-reactive ketones (excluding diaryl/α,β-unsaturated/α-hetero) is 1. The van der Waals surface area contributed by atoms with E-state index in [0.717, 1.165) is 55.9 Å². The van der Waals surface area contributed by atoms with Gasteiger partial charge in [0.05, 0.1) is 12.0 Å². The number of esters is 1. The summed E-state index contributed by atoms with van der Waals surface area (Å²) in [6, 6.07) is 9.05. The van der Waals surface area contributed by atoms with Crippen molar-refractivity contribution in [1.29, 1.82) is 0 Å².